The highest BCUT2D eigenvalue weighted by Crippen LogP contribution is 2.50. The van der Waals surface area contributed by atoms with Gasteiger partial charge < -0.3 is 15.1 Å². The third-order valence-electron chi connectivity index (χ3n) is 5.11. The van der Waals surface area contributed by atoms with E-state index in [0.717, 1.165) is 25.0 Å². The first-order valence-electron chi connectivity index (χ1n) is 10.4. The molecule has 0 saturated carbocycles. The zero-order valence-corrected chi connectivity index (χ0v) is 18.1. The van der Waals surface area contributed by atoms with Crippen molar-refractivity contribution in [1.82, 2.24) is 4.90 Å². The van der Waals surface area contributed by atoms with Crippen molar-refractivity contribution < 1.29 is 41.4 Å². The number of urea groups is 1. The van der Waals surface area contributed by atoms with Gasteiger partial charge in [-0.15, -0.1) is 0 Å². The van der Waals surface area contributed by atoms with Gasteiger partial charge in [-0.1, -0.05) is 38.3 Å². The molecule has 1 aromatic carbocycles. The number of benzene rings is 1. The Morgan fingerprint density at radius 3 is 1.88 bits per heavy atom. The molecule has 0 spiro atoms. The van der Waals surface area contributed by atoms with E-state index in [0.29, 0.717) is 44.4 Å². The quantitative estimate of drug-likeness (QED) is 0.343. The standard InChI is InChI=1S/C21H30F6N2O3/c1-3-4-14-29(18(31)28(2)13-7-5-6-8-15-30)17-11-9-16(10-12-17)19(32,20(22,23)24)21(25,26)27/h9-12,30,32H,3-8,13-15H2,1-2H3. The number of amides is 2. The van der Waals surface area contributed by atoms with Crippen LogP contribution in [0.4, 0.5) is 36.8 Å². The Labute approximate surface area is 183 Å². The molecule has 0 heterocycles. The lowest BCUT2D eigenvalue weighted by molar-refractivity contribution is -0.376. The number of unbranched alkanes of at least 4 members (excludes halogenated alkanes) is 4. The van der Waals surface area contributed by atoms with Crippen molar-refractivity contribution in [3.8, 4) is 0 Å². The molecule has 1 rings (SSSR count). The van der Waals surface area contributed by atoms with Crippen LogP contribution in [0, 0.1) is 0 Å². The molecule has 2 N–H and O–H groups in total. The molecule has 0 atom stereocenters. The van der Waals surface area contributed by atoms with Crippen molar-refractivity contribution in [3.05, 3.63) is 29.8 Å². The molecule has 0 bridgehead atoms. The van der Waals surface area contributed by atoms with Crippen molar-refractivity contribution in [2.75, 3.05) is 31.6 Å². The molecular weight excluding hydrogens is 442 g/mol. The molecule has 0 saturated heterocycles. The van der Waals surface area contributed by atoms with E-state index in [2.05, 4.69) is 0 Å². The van der Waals surface area contributed by atoms with Crippen molar-refractivity contribution in [1.29, 1.82) is 0 Å². The average molecular weight is 472 g/mol. The van der Waals surface area contributed by atoms with Gasteiger partial charge in [-0.2, -0.15) is 26.3 Å². The van der Waals surface area contributed by atoms with Gasteiger partial charge in [0.15, 0.2) is 0 Å². The molecule has 0 fully saturated rings. The largest absolute Gasteiger partial charge is 0.430 e. The van der Waals surface area contributed by atoms with Gasteiger partial charge in [0.05, 0.1) is 0 Å². The van der Waals surface area contributed by atoms with E-state index in [4.69, 9.17) is 5.11 Å². The van der Waals surface area contributed by atoms with Crippen LogP contribution in [-0.2, 0) is 5.60 Å². The number of nitrogens with zero attached hydrogens (tertiary/aromatic N) is 2. The number of rotatable bonds is 11. The molecule has 0 aliphatic carbocycles. The summed E-state index contributed by atoms with van der Waals surface area (Å²) in [5, 5.41) is 18.3. The summed E-state index contributed by atoms with van der Waals surface area (Å²) < 4.78 is 78.5. The van der Waals surface area contributed by atoms with Gasteiger partial charge in [-0.05, 0) is 31.4 Å². The smallest absolute Gasteiger partial charge is 0.396 e. The SMILES string of the molecule is CCCCN(C(=O)N(C)CCCCCCO)c1ccc(C(O)(C(F)(F)F)C(F)(F)F)cc1. The van der Waals surface area contributed by atoms with Crippen LogP contribution in [-0.4, -0.2) is 60.2 Å². The Balaban J connectivity index is 3.10. The van der Waals surface area contributed by atoms with Gasteiger partial charge in [0, 0.05) is 38.0 Å². The maximum Gasteiger partial charge on any atom is 0.430 e. The number of alkyl halides is 6. The van der Waals surface area contributed by atoms with Crippen LogP contribution in [0.2, 0.25) is 0 Å². The van der Waals surface area contributed by atoms with Crippen molar-refractivity contribution in [2.24, 2.45) is 0 Å². The summed E-state index contributed by atoms with van der Waals surface area (Å²) in [6.07, 6.45) is -7.69. The Bertz CT molecular complexity index is 693. The first-order valence-corrected chi connectivity index (χ1v) is 10.4. The van der Waals surface area contributed by atoms with E-state index in [9.17, 15) is 36.2 Å². The fraction of sp³-hybridized carbons (Fsp3) is 0.667. The zero-order chi connectivity index (χ0) is 24.6. The maximum absolute atomic E-state index is 13.1. The molecule has 0 unspecified atom stereocenters. The van der Waals surface area contributed by atoms with Gasteiger partial charge in [0.25, 0.3) is 5.60 Å². The number of anilines is 1. The third-order valence-corrected chi connectivity index (χ3v) is 5.11. The molecule has 0 aliphatic rings. The number of halogens is 6. The van der Waals surface area contributed by atoms with E-state index >= 15 is 0 Å². The van der Waals surface area contributed by atoms with Crippen LogP contribution in [0.15, 0.2) is 24.3 Å². The van der Waals surface area contributed by atoms with Gasteiger partial charge in [-0.25, -0.2) is 4.79 Å². The van der Waals surface area contributed by atoms with Crippen LogP contribution in [0.1, 0.15) is 51.0 Å². The van der Waals surface area contributed by atoms with Gasteiger partial charge in [-0.3, -0.25) is 4.90 Å². The van der Waals surface area contributed by atoms with Crippen molar-refractivity contribution >= 4 is 11.7 Å². The summed E-state index contributed by atoms with van der Waals surface area (Å²) in [6.45, 7) is 2.61. The van der Waals surface area contributed by atoms with E-state index in [1.165, 1.54) is 9.80 Å². The lowest BCUT2D eigenvalue weighted by atomic mass is 9.92. The zero-order valence-electron chi connectivity index (χ0n) is 18.1. The third kappa shape index (κ3) is 6.74. The number of aliphatic hydroxyl groups is 2. The van der Waals surface area contributed by atoms with Crippen LogP contribution in [0.3, 0.4) is 0 Å². The first-order chi connectivity index (χ1) is 14.8. The van der Waals surface area contributed by atoms with E-state index in [1.54, 1.807) is 7.05 Å². The monoisotopic (exact) mass is 472 g/mol. The lowest BCUT2D eigenvalue weighted by Gasteiger charge is -2.33. The van der Waals surface area contributed by atoms with Crippen LogP contribution in [0.25, 0.3) is 0 Å². The highest BCUT2D eigenvalue weighted by molar-refractivity contribution is 5.91. The lowest BCUT2D eigenvalue weighted by Crippen LogP contribution is -2.53. The maximum atomic E-state index is 13.1. The normalized spacial score (nSPS) is 12.7. The second-order valence-corrected chi connectivity index (χ2v) is 7.60. The molecular formula is C21H30F6N2O3. The molecule has 0 aliphatic heterocycles. The van der Waals surface area contributed by atoms with Gasteiger partial charge >= 0.3 is 18.4 Å². The molecule has 1 aromatic rings. The van der Waals surface area contributed by atoms with Crippen LogP contribution < -0.4 is 4.90 Å². The minimum atomic E-state index is -5.97. The van der Waals surface area contributed by atoms with Gasteiger partial charge in [0.1, 0.15) is 0 Å². The minimum absolute atomic E-state index is 0.0906. The van der Waals surface area contributed by atoms with E-state index in [1.807, 2.05) is 6.92 Å². The second kappa shape index (κ2) is 11.7. The minimum Gasteiger partial charge on any atom is -0.396 e. The number of carbonyl (C=O) groups is 1. The van der Waals surface area contributed by atoms with E-state index < -0.39 is 29.5 Å². The molecule has 0 radical (unpaired) electrons. The highest BCUT2D eigenvalue weighted by atomic mass is 19.4. The topological polar surface area (TPSA) is 64.0 Å². The summed E-state index contributed by atoms with van der Waals surface area (Å²) in [5.41, 5.74) is -6.25. The summed E-state index contributed by atoms with van der Waals surface area (Å²) >= 11 is 0. The number of aliphatic hydroxyl groups excluding tert-OH is 1. The summed E-state index contributed by atoms with van der Waals surface area (Å²) in [7, 11) is 1.56. The second-order valence-electron chi connectivity index (χ2n) is 7.60. The average Bonchev–Trinajstić information content (AvgIpc) is 2.71. The fourth-order valence-electron chi connectivity index (χ4n) is 3.14. The predicted octanol–water partition coefficient (Wildman–Crippen LogP) is 5.21. The Hall–Kier alpha value is -2.01. The Morgan fingerprint density at radius 2 is 1.41 bits per heavy atom. The summed E-state index contributed by atoms with van der Waals surface area (Å²) in [4.78, 5) is 15.6. The highest BCUT2D eigenvalue weighted by Gasteiger charge is 2.71. The fourth-order valence-corrected chi connectivity index (χ4v) is 3.14. The number of carbonyl (C=O) groups excluding carboxylic acids is 1. The summed E-state index contributed by atoms with van der Waals surface area (Å²) in [6, 6.07) is 2.59. The number of hydrogen-bond donors (Lipinski definition) is 2. The van der Waals surface area contributed by atoms with Gasteiger partial charge in [0.2, 0.25) is 0 Å². The van der Waals surface area contributed by atoms with Crippen LogP contribution in [0.5, 0.6) is 0 Å². The van der Waals surface area contributed by atoms with Crippen LogP contribution >= 0.6 is 0 Å². The predicted molar refractivity (Wildman–Crippen MR) is 108 cm³/mol. The molecule has 184 valence electrons. The van der Waals surface area contributed by atoms with Crippen molar-refractivity contribution in [2.45, 2.75) is 63.4 Å². The molecule has 11 heteroatoms. The van der Waals surface area contributed by atoms with E-state index in [-0.39, 0.29) is 18.8 Å². The Kier molecular flexibility index (Phi) is 10.3. The first kappa shape index (κ1) is 28.0. The molecule has 5 nitrogen and oxygen atoms in total. The van der Waals surface area contributed by atoms with Crippen molar-refractivity contribution in [3.63, 3.8) is 0 Å². The Morgan fingerprint density at radius 1 is 0.875 bits per heavy atom. The summed E-state index contributed by atoms with van der Waals surface area (Å²) in [5.74, 6) is 0. The molecule has 2 amide bonds. The molecule has 32 heavy (non-hydrogen) atoms. The molecule has 0 aromatic heterocycles. The number of hydrogen-bond acceptors (Lipinski definition) is 3.